The number of imide groups is 1. The first-order valence-corrected chi connectivity index (χ1v) is 7.74. The second kappa shape index (κ2) is 6.06. The van der Waals surface area contributed by atoms with Crippen LogP contribution in [0.2, 0.25) is 0 Å². The Morgan fingerprint density at radius 1 is 1.20 bits per heavy atom. The number of ketones is 1. The lowest BCUT2D eigenvalue weighted by Gasteiger charge is -2.29. The Morgan fingerprint density at radius 2 is 1.80 bits per heavy atom. The van der Waals surface area contributed by atoms with E-state index >= 15 is 0 Å². The third-order valence-electron chi connectivity index (χ3n) is 4.95. The Morgan fingerprint density at radius 3 is 2.25 bits per heavy atom. The van der Waals surface area contributed by atoms with Crippen LogP contribution in [0.3, 0.4) is 0 Å². The van der Waals surface area contributed by atoms with Crippen LogP contribution in [0.1, 0.15) is 52.9 Å². The van der Waals surface area contributed by atoms with Gasteiger partial charge in [0, 0.05) is 24.8 Å². The predicted octanol–water partition coefficient (Wildman–Crippen LogP) is 2.41. The van der Waals surface area contributed by atoms with Crippen LogP contribution < -0.4 is 0 Å². The van der Waals surface area contributed by atoms with Crippen LogP contribution in [0, 0.1) is 23.7 Å². The molecule has 0 spiro atoms. The lowest BCUT2D eigenvalue weighted by Crippen LogP contribution is -2.37. The molecule has 4 nitrogen and oxygen atoms in total. The number of Topliss-reactive ketones (excluding diaryl/α,β-unsaturated/α-hetero) is 1. The van der Waals surface area contributed by atoms with Gasteiger partial charge in [-0.25, -0.2) is 0 Å². The maximum absolute atomic E-state index is 12.3. The van der Waals surface area contributed by atoms with Gasteiger partial charge in [-0.1, -0.05) is 13.8 Å². The molecule has 1 atom stereocenters. The lowest BCUT2D eigenvalue weighted by atomic mass is 9.80. The third kappa shape index (κ3) is 3.10. The topological polar surface area (TPSA) is 54.5 Å². The number of hydrogen-bond acceptors (Lipinski definition) is 3. The van der Waals surface area contributed by atoms with Crippen molar-refractivity contribution in [1.82, 2.24) is 4.90 Å². The van der Waals surface area contributed by atoms with Crippen molar-refractivity contribution in [3.8, 4) is 0 Å². The minimum atomic E-state index is -0.129. The van der Waals surface area contributed by atoms with Crippen LogP contribution >= 0.6 is 0 Å². The maximum Gasteiger partial charge on any atom is 0.233 e. The molecule has 1 saturated heterocycles. The summed E-state index contributed by atoms with van der Waals surface area (Å²) in [7, 11) is 0. The highest BCUT2D eigenvalue weighted by atomic mass is 16.2. The summed E-state index contributed by atoms with van der Waals surface area (Å²) in [6.45, 7) is 6.21. The highest BCUT2D eigenvalue weighted by Gasteiger charge is 2.41. The van der Waals surface area contributed by atoms with Gasteiger partial charge in [-0.05, 0) is 44.4 Å². The number of nitrogens with zero attached hydrogens (tertiary/aromatic N) is 1. The van der Waals surface area contributed by atoms with Crippen LogP contribution in [-0.2, 0) is 14.4 Å². The quantitative estimate of drug-likeness (QED) is 0.743. The smallest absolute Gasteiger partial charge is 0.233 e. The fraction of sp³-hybridized carbons (Fsp3) is 0.812. The summed E-state index contributed by atoms with van der Waals surface area (Å²) >= 11 is 0. The second-order valence-electron chi connectivity index (χ2n) is 6.73. The van der Waals surface area contributed by atoms with Gasteiger partial charge in [0.25, 0.3) is 0 Å². The zero-order valence-electron chi connectivity index (χ0n) is 12.7. The van der Waals surface area contributed by atoms with Crippen molar-refractivity contribution >= 4 is 17.6 Å². The number of likely N-dealkylation sites (tertiary alicyclic amines) is 1. The third-order valence-corrected chi connectivity index (χ3v) is 4.95. The first-order chi connectivity index (χ1) is 9.40. The summed E-state index contributed by atoms with van der Waals surface area (Å²) in [6, 6.07) is 0. The molecule has 1 aliphatic carbocycles. The van der Waals surface area contributed by atoms with Crippen molar-refractivity contribution in [3.63, 3.8) is 0 Å². The molecule has 20 heavy (non-hydrogen) atoms. The van der Waals surface area contributed by atoms with Crippen LogP contribution in [0.4, 0.5) is 0 Å². The van der Waals surface area contributed by atoms with E-state index < -0.39 is 0 Å². The molecule has 2 rings (SSSR count). The molecule has 0 aromatic heterocycles. The van der Waals surface area contributed by atoms with Crippen LogP contribution in [-0.4, -0.2) is 29.0 Å². The molecule has 4 heteroatoms. The molecular weight excluding hydrogens is 254 g/mol. The summed E-state index contributed by atoms with van der Waals surface area (Å²) in [5, 5.41) is 0. The van der Waals surface area contributed by atoms with Crippen molar-refractivity contribution in [2.24, 2.45) is 23.7 Å². The molecule has 1 unspecified atom stereocenters. The molecule has 1 saturated carbocycles. The standard InChI is InChI=1S/C16H25NO3/c1-10(2)14-8-15(19)17(16(14)20)9-12-4-6-13(7-5-12)11(3)18/h10,12-14H,4-9H2,1-3H3. The SMILES string of the molecule is CC(=O)C1CCC(CN2C(=O)CC(C(C)C)C2=O)CC1. The van der Waals surface area contributed by atoms with E-state index in [0.717, 1.165) is 25.7 Å². The molecule has 0 aromatic rings. The van der Waals surface area contributed by atoms with Gasteiger partial charge < -0.3 is 0 Å². The highest BCUT2D eigenvalue weighted by Crippen LogP contribution is 2.33. The number of carbonyl (C=O) groups is 3. The average molecular weight is 279 g/mol. The molecule has 0 bridgehead atoms. The number of amides is 2. The van der Waals surface area contributed by atoms with Crippen LogP contribution in [0.5, 0.6) is 0 Å². The minimum absolute atomic E-state index is 0.0117. The summed E-state index contributed by atoms with van der Waals surface area (Å²) in [5.41, 5.74) is 0. The number of rotatable bonds is 4. The molecule has 1 heterocycles. The monoisotopic (exact) mass is 279 g/mol. The summed E-state index contributed by atoms with van der Waals surface area (Å²) < 4.78 is 0. The fourth-order valence-corrected chi connectivity index (χ4v) is 3.43. The second-order valence-corrected chi connectivity index (χ2v) is 6.73. The van der Waals surface area contributed by atoms with Crippen molar-refractivity contribution in [2.75, 3.05) is 6.54 Å². The van der Waals surface area contributed by atoms with Crippen LogP contribution in [0.25, 0.3) is 0 Å². The van der Waals surface area contributed by atoms with Crippen LogP contribution in [0.15, 0.2) is 0 Å². The summed E-state index contributed by atoms with van der Waals surface area (Å²) in [4.78, 5) is 37.1. The van der Waals surface area contributed by atoms with E-state index in [9.17, 15) is 14.4 Å². The Bertz CT molecular complexity index is 408. The first kappa shape index (κ1) is 15.2. The molecule has 0 N–H and O–H groups in total. The van der Waals surface area contributed by atoms with E-state index in [-0.39, 0.29) is 35.4 Å². The van der Waals surface area contributed by atoms with Crippen molar-refractivity contribution in [2.45, 2.75) is 52.9 Å². The van der Waals surface area contributed by atoms with Crippen molar-refractivity contribution in [3.05, 3.63) is 0 Å². The average Bonchev–Trinajstić information content (AvgIpc) is 2.67. The molecule has 0 radical (unpaired) electrons. The Kier molecular flexibility index (Phi) is 4.61. The summed E-state index contributed by atoms with van der Waals surface area (Å²) in [5.74, 6) is 0.947. The van der Waals surface area contributed by atoms with Gasteiger partial charge in [0.05, 0.1) is 0 Å². The van der Waals surface area contributed by atoms with Gasteiger partial charge in [0.15, 0.2) is 0 Å². The van der Waals surface area contributed by atoms with Crippen molar-refractivity contribution in [1.29, 1.82) is 0 Å². The van der Waals surface area contributed by atoms with Gasteiger partial charge in [-0.2, -0.15) is 0 Å². The van der Waals surface area contributed by atoms with E-state index in [1.54, 1.807) is 6.92 Å². The molecular formula is C16H25NO3. The predicted molar refractivity (Wildman–Crippen MR) is 75.8 cm³/mol. The number of carbonyl (C=O) groups excluding carboxylic acids is 3. The van der Waals surface area contributed by atoms with E-state index in [2.05, 4.69) is 0 Å². The zero-order chi connectivity index (χ0) is 14.9. The Hall–Kier alpha value is -1.19. The van der Waals surface area contributed by atoms with Gasteiger partial charge in [-0.3, -0.25) is 19.3 Å². The number of hydrogen-bond donors (Lipinski definition) is 0. The molecule has 1 aliphatic heterocycles. The Labute approximate surface area is 120 Å². The molecule has 2 amide bonds. The van der Waals surface area contributed by atoms with Gasteiger partial charge in [-0.15, -0.1) is 0 Å². The first-order valence-electron chi connectivity index (χ1n) is 7.74. The minimum Gasteiger partial charge on any atom is -0.300 e. The highest BCUT2D eigenvalue weighted by molar-refractivity contribution is 6.03. The van der Waals surface area contributed by atoms with E-state index in [1.165, 1.54) is 4.90 Å². The van der Waals surface area contributed by atoms with E-state index in [0.29, 0.717) is 18.9 Å². The van der Waals surface area contributed by atoms with Gasteiger partial charge in [0.1, 0.15) is 5.78 Å². The zero-order valence-corrected chi connectivity index (χ0v) is 12.7. The molecule has 2 aliphatic rings. The van der Waals surface area contributed by atoms with E-state index in [4.69, 9.17) is 0 Å². The Balaban J connectivity index is 1.90. The lowest BCUT2D eigenvalue weighted by molar-refractivity contribution is -0.141. The van der Waals surface area contributed by atoms with Gasteiger partial charge >= 0.3 is 0 Å². The molecule has 2 fully saturated rings. The summed E-state index contributed by atoms with van der Waals surface area (Å²) in [6.07, 6.45) is 4.09. The normalized spacial score (nSPS) is 31.2. The fourth-order valence-electron chi connectivity index (χ4n) is 3.43. The maximum atomic E-state index is 12.3. The molecule has 112 valence electrons. The van der Waals surface area contributed by atoms with Gasteiger partial charge in [0.2, 0.25) is 11.8 Å². The van der Waals surface area contributed by atoms with Crippen molar-refractivity contribution < 1.29 is 14.4 Å². The largest absolute Gasteiger partial charge is 0.300 e. The van der Waals surface area contributed by atoms with E-state index in [1.807, 2.05) is 13.8 Å². The molecule has 0 aromatic carbocycles.